The Labute approximate surface area is 445 Å². The van der Waals surface area contributed by atoms with Gasteiger partial charge < -0.3 is 4.57 Å². The predicted octanol–water partition coefficient (Wildman–Crippen LogP) is 17.3. The summed E-state index contributed by atoms with van der Waals surface area (Å²) >= 11 is 0. The first kappa shape index (κ1) is 45.1. The molecule has 14 rings (SSSR count). The molecule has 0 aliphatic heterocycles. The minimum atomic E-state index is 0.599. The monoisotopic (exact) mass is 983 g/mol. The molecule has 0 atom stereocenters. The van der Waals surface area contributed by atoms with Crippen molar-refractivity contribution in [1.29, 1.82) is 0 Å². The highest BCUT2D eigenvalue weighted by atomic mass is 15.0. The van der Waals surface area contributed by atoms with Crippen LogP contribution in [-0.2, 0) is 0 Å². The van der Waals surface area contributed by atoms with Crippen molar-refractivity contribution in [2.75, 3.05) is 0 Å². The molecule has 0 fully saturated rings. The summed E-state index contributed by atoms with van der Waals surface area (Å²) in [6.45, 7) is 0. The lowest BCUT2D eigenvalue weighted by atomic mass is 9.90. The van der Waals surface area contributed by atoms with E-state index in [0.29, 0.717) is 34.9 Å². The van der Waals surface area contributed by atoms with E-state index in [0.717, 1.165) is 83.5 Å². The summed E-state index contributed by atoms with van der Waals surface area (Å²) in [4.78, 5) is 30.3. The van der Waals surface area contributed by atoms with Crippen LogP contribution in [0.4, 0.5) is 0 Å². The van der Waals surface area contributed by atoms with Gasteiger partial charge in [-0.3, -0.25) is 0 Å². The van der Waals surface area contributed by atoms with Gasteiger partial charge in [-0.1, -0.05) is 255 Å². The van der Waals surface area contributed by atoms with E-state index in [1.807, 2.05) is 121 Å². The van der Waals surface area contributed by atoms with Crippen LogP contribution in [0.2, 0.25) is 0 Å². The number of para-hydroxylation sites is 1. The van der Waals surface area contributed by atoms with E-state index >= 15 is 0 Å². The number of aromatic nitrogens is 7. The van der Waals surface area contributed by atoms with Gasteiger partial charge in [0, 0.05) is 60.7 Å². The third kappa shape index (κ3) is 8.48. The SMILES string of the molecule is c1ccc(-c2cc(-c3ccc(-c4nc(-c5ccccc5)nc(-c5ccccc5)n4)cc3)c(-n3c4ccccc4c4ccc5ccccc5c43)c(-c3ccc(-c4nc(-c5ccccc5)nc(-c5ccccc5)n4)cc3)c2)cc1. The van der Waals surface area contributed by atoms with E-state index in [2.05, 4.69) is 156 Å². The molecule has 0 bridgehead atoms. The van der Waals surface area contributed by atoms with Gasteiger partial charge in [0.1, 0.15) is 0 Å². The van der Waals surface area contributed by atoms with Crippen molar-refractivity contribution in [3.05, 3.63) is 273 Å². The highest BCUT2D eigenvalue weighted by molar-refractivity contribution is 6.19. The summed E-state index contributed by atoms with van der Waals surface area (Å²) in [5.41, 5.74) is 15.2. The van der Waals surface area contributed by atoms with E-state index in [9.17, 15) is 0 Å². The van der Waals surface area contributed by atoms with Gasteiger partial charge in [0.2, 0.25) is 0 Å². The van der Waals surface area contributed by atoms with Gasteiger partial charge in [0.05, 0.1) is 16.7 Å². The summed E-state index contributed by atoms with van der Waals surface area (Å²) in [5.74, 6) is 3.68. The molecule has 0 aliphatic carbocycles. The minimum Gasteiger partial charge on any atom is -0.307 e. The van der Waals surface area contributed by atoms with Crippen LogP contribution in [0.1, 0.15) is 0 Å². The number of hydrogen-bond acceptors (Lipinski definition) is 6. The molecule has 0 N–H and O–H groups in total. The first-order valence-electron chi connectivity index (χ1n) is 25.8. The zero-order valence-corrected chi connectivity index (χ0v) is 41.6. The average Bonchev–Trinajstić information content (AvgIpc) is 4.03. The Hall–Kier alpha value is -10.5. The molecular formula is C70H45N7. The molecule has 0 saturated heterocycles. The van der Waals surface area contributed by atoms with E-state index in [1.54, 1.807) is 0 Å². The molecule has 0 spiro atoms. The van der Waals surface area contributed by atoms with Gasteiger partial charge >= 0.3 is 0 Å². The summed E-state index contributed by atoms with van der Waals surface area (Å²) in [7, 11) is 0. The van der Waals surface area contributed by atoms with Gasteiger partial charge in [0.15, 0.2) is 34.9 Å². The van der Waals surface area contributed by atoms with Gasteiger partial charge in [0.25, 0.3) is 0 Å². The second-order valence-electron chi connectivity index (χ2n) is 19.1. The first-order chi connectivity index (χ1) is 38.2. The van der Waals surface area contributed by atoms with Gasteiger partial charge in [-0.15, -0.1) is 0 Å². The van der Waals surface area contributed by atoms with Crippen LogP contribution < -0.4 is 0 Å². The number of benzene rings is 11. The molecule has 0 radical (unpaired) electrons. The molecule has 360 valence electrons. The molecule has 11 aromatic carbocycles. The fourth-order valence-electron chi connectivity index (χ4n) is 10.5. The van der Waals surface area contributed by atoms with Crippen molar-refractivity contribution in [3.8, 4) is 107 Å². The molecule has 7 heteroatoms. The number of rotatable bonds is 10. The molecule has 0 aliphatic rings. The van der Waals surface area contributed by atoms with Crippen molar-refractivity contribution >= 4 is 32.6 Å². The van der Waals surface area contributed by atoms with Crippen LogP contribution in [0.25, 0.3) is 140 Å². The molecule has 7 nitrogen and oxygen atoms in total. The van der Waals surface area contributed by atoms with E-state index in [1.165, 1.54) is 21.5 Å². The molecule has 14 aromatic rings. The highest BCUT2D eigenvalue weighted by Crippen LogP contribution is 2.46. The Bertz CT molecular complexity index is 4140. The summed E-state index contributed by atoms with van der Waals surface area (Å²) < 4.78 is 2.50. The molecule has 3 aromatic heterocycles. The smallest absolute Gasteiger partial charge is 0.164 e. The number of fused-ring (bicyclic) bond motifs is 5. The highest BCUT2D eigenvalue weighted by Gasteiger charge is 2.24. The average molecular weight is 984 g/mol. The Morgan fingerprint density at radius 1 is 0.221 bits per heavy atom. The third-order valence-electron chi connectivity index (χ3n) is 14.3. The normalized spacial score (nSPS) is 11.4. The van der Waals surface area contributed by atoms with Gasteiger partial charge in [-0.05, 0) is 45.8 Å². The van der Waals surface area contributed by atoms with Gasteiger partial charge in [-0.2, -0.15) is 0 Å². The van der Waals surface area contributed by atoms with Crippen molar-refractivity contribution < 1.29 is 0 Å². The maximum Gasteiger partial charge on any atom is 0.164 e. The quantitative estimate of drug-likeness (QED) is 0.136. The lowest BCUT2D eigenvalue weighted by Crippen LogP contribution is -2.03. The van der Waals surface area contributed by atoms with Crippen LogP contribution in [0, 0.1) is 0 Å². The first-order valence-corrected chi connectivity index (χ1v) is 25.8. The van der Waals surface area contributed by atoms with Crippen LogP contribution in [-0.4, -0.2) is 34.5 Å². The summed E-state index contributed by atoms with van der Waals surface area (Å²) in [6.07, 6.45) is 0. The summed E-state index contributed by atoms with van der Waals surface area (Å²) in [5, 5.41) is 4.71. The number of hydrogen-bond donors (Lipinski definition) is 0. The maximum atomic E-state index is 5.10. The van der Waals surface area contributed by atoms with Crippen molar-refractivity contribution in [2.24, 2.45) is 0 Å². The molecule has 77 heavy (non-hydrogen) atoms. The second kappa shape index (κ2) is 19.4. The molecule has 3 heterocycles. The lowest BCUT2D eigenvalue weighted by molar-refractivity contribution is 1.07. The standard InChI is InChI=1S/C70H45N7/c1-6-20-46(21-7-1)56-44-60(48-34-38-54(39-35-48)69-73-65(50-23-8-2-9-24-50)71-66(74-69)51-25-10-3-11-26-51)64(77-62-33-19-18-32-58(62)59-43-42-47-22-16-17-31-57(47)63(59)77)61(45-56)49-36-40-55(41-37-49)70-75-67(52-27-12-4-13-28-52)72-68(76-70)53-29-14-5-15-30-53/h1-45H. The van der Waals surface area contributed by atoms with Crippen LogP contribution >= 0.6 is 0 Å². The summed E-state index contributed by atoms with van der Waals surface area (Å²) in [6, 6.07) is 95.3. The fraction of sp³-hybridized carbons (Fsp3) is 0. The molecule has 0 unspecified atom stereocenters. The topological polar surface area (TPSA) is 82.3 Å². The molecule has 0 amide bonds. The zero-order valence-electron chi connectivity index (χ0n) is 41.6. The van der Waals surface area contributed by atoms with Crippen LogP contribution in [0.15, 0.2) is 273 Å². The Morgan fingerprint density at radius 3 is 0.961 bits per heavy atom. The Morgan fingerprint density at radius 2 is 0.545 bits per heavy atom. The third-order valence-corrected chi connectivity index (χ3v) is 14.3. The Balaban J connectivity index is 1.00. The fourth-order valence-corrected chi connectivity index (χ4v) is 10.5. The van der Waals surface area contributed by atoms with E-state index < -0.39 is 0 Å². The van der Waals surface area contributed by atoms with Gasteiger partial charge in [-0.25, -0.2) is 29.9 Å². The van der Waals surface area contributed by atoms with Crippen molar-refractivity contribution in [2.45, 2.75) is 0 Å². The number of nitrogens with zero attached hydrogens (tertiary/aromatic N) is 7. The van der Waals surface area contributed by atoms with Crippen LogP contribution in [0.3, 0.4) is 0 Å². The maximum absolute atomic E-state index is 5.10. The minimum absolute atomic E-state index is 0.599. The van der Waals surface area contributed by atoms with E-state index in [4.69, 9.17) is 29.9 Å². The molecule has 0 saturated carbocycles. The largest absolute Gasteiger partial charge is 0.307 e. The van der Waals surface area contributed by atoms with E-state index in [-0.39, 0.29) is 0 Å². The predicted molar refractivity (Wildman–Crippen MR) is 314 cm³/mol. The van der Waals surface area contributed by atoms with Crippen molar-refractivity contribution in [3.63, 3.8) is 0 Å². The Kier molecular flexibility index (Phi) is 11.4. The van der Waals surface area contributed by atoms with Crippen LogP contribution in [0.5, 0.6) is 0 Å². The lowest BCUT2D eigenvalue weighted by Gasteiger charge is -2.22. The van der Waals surface area contributed by atoms with Crippen molar-refractivity contribution in [1.82, 2.24) is 34.5 Å². The molecular weight excluding hydrogens is 939 g/mol. The second-order valence-corrected chi connectivity index (χ2v) is 19.1. The zero-order chi connectivity index (χ0) is 51.1.